The second-order valence-corrected chi connectivity index (χ2v) is 6.21. The average Bonchev–Trinajstić information content (AvgIpc) is 3.19. The van der Waals surface area contributed by atoms with Gasteiger partial charge in [0, 0.05) is 5.56 Å². The molecule has 1 fully saturated rings. The van der Waals surface area contributed by atoms with E-state index in [9.17, 15) is 4.79 Å². The fraction of sp³-hybridized carbons (Fsp3) is 0.500. The van der Waals surface area contributed by atoms with E-state index >= 15 is 0 Å². The second-order valence-electron chi connectivity index (χ2n) is 6.21. The largest absolute Gasteiger partial charge is 0.336 e. The standard InChI is InChI=1S/C16H20N2O/c1-16(2,3)13-7-5-4-6-12(13)15(19)18-14(10-17)11-8-9-11/h4-7,11,14H,8-9H2,1-3H3,(H,18,19). The lowest BCUT2D eigenvalue weighted by Crippen LogP contribution is -2.36. The van der Waals surface area contributed by atoms with E-state index in [1.54, 1.807) is 0 Å². The molecule has 0 heterocycles. The molecule has 3 nitrogen and oxygen atoms in total. The minimum Gasteiger partial charge on any atom is -0.336 e. The first-order chi connectivity index (χ1) is 8.93. The van der Waals surface area contributed by atoms with Gasteiger partial charge in [-0.3, -0.25) is 4.79 Å². The highest BCUT2D eigenvalue weighted by molar-refractivity contribution is 5.96. The van der Waals surface area contributed by atoms with Crippen LogP contribution in [0.1, 0.15) is 49.5 Å². The smallest absolute Gasteiger partial charge is 0.252 e. The Morgan fingerprint density at radius 2 is 2.00 bits per heavy atom. The predicted molar refractivity (Wildman–Crippen MR) is 74.7 cm³/mol. The molecule has 0 spiro atoms. The van der Waals surface area contributed by atoms with Crippen LogP contribution >= 0.6 is 0 Å². The Kier molecular flexibility index (Phi) is 3.61. The van der Waals surface area contributed by atoms with Gasteiger partial charge in [-0.05, 0) is 35.8 Å². The number of hydrogen-bond donors (Lipinski definition) is 1. The molecule has 3 heteroatoms. The van der Waals surface area contributed by atoms with Crippen molar-refractivity contribution in [1.29, 1.82) is 5.26 Å². The molecule has 1 aromatic carbocycles. The van der Waals surface area contributed by atoms with Gasteiger partial charge in [-0.1, -0.05) is 39.0 Å². The molecular weight excluding hydrogens is 236 g/mol. The fourth-order valence-electron chi connectivity index (χ4n) is 2.24. The molecule has 1 atom stereocenters. The number of nitrogens with one attached hydrogen (secondary N) is 1. The van der Waals surface area contributed by atoms with Crippen LogP contribution in [0.3, 0.4) is 0 Å². The third kappa shape index (κ3) is 3.14. The van der Waals surface area contributed by atoms with Crippen molar-refractivity contribution < 1.29 is 4.79 Å². The molecule has 0 saturated heterocycles. The molecular formula is C16H20N2O. The number of benzene rings is 1. The van der Waals surface area contributed by atoms with E-state index in [1.807, 2.05) is 24.3 Å². The lowest BCUT2D eigenvalue weighted by Gasteiger charge is -2.23. The van der Waals surface area contributed by atoms with Gasteiger partial charge in [-0.15, -0.1) is 0 Å². The summed E-state index contributed by atoms with van der Waals surface area (Å²) in [7, 11) is 0. The summed E-state index contributed by atoms with van der Waals surface area (Å²) in [6.45, 7) is 6.26. The molecule has 0 bridgehead atoms. The van der Waals surface area contributed by atoms with Crippen molar-refractivity contribution in [3.05, 3.63) is 35.4 Å². The maximum absolute atomic E-state index is 12.4. The highest BCUT2D eigenvalue weighted by Crippen LogP contribution is 2.33. The number of nitrogens with zero attached hydrogens (tertiary/aromatic N) is 1. The van der Waals surface area contributed by atoms with Gasteiger partial charge in [-0.2, -0.15) is 5.26 Å². The Balaban J connectivity index is 2.22. The van der Waals surface area contributed by atoms with Crippen molar-refractivity contribution in [3.63, 3.8) is 0 Å². The van der Waals surface area contributed by atoms with Crippen LogP contribution in [-0.2, 0) is 5.41 Å². The van der Waals surface area contributed by atoms with E-state index in [4.69, 9.17) is 5.26 Å². The van der Waals surface area contributed by atoms with E-state index in [2.05, 4.69) is 32.2 Å². The van der Waals surface area contributed by atoms with Crippen LogP contribution in [0.15, 0.2) is 24.3 Å². The van der Waals surface area contributed by atoms with Crippen LogP contribution in [0.5, 0.6) is 0 Å². The summed E-state index contributed by atoms with van der Waals surface area (Å²) in [5, 5.41) is 12.0. The molecule has 1 aliphatic carbocycles. The minimum atomic E-state index is -0.347. The Bertz CT molecular complexity index is 518. The summed E-state index contributed by atoms with van der Waals surface area (Å²) in [5.74, 6) is 0.208. The number of amides is 1. The Labute approximate surface area is 114 Å². The number of rotatable bonds is 3. The van der Waals surface area contributed by atoms with Crippen LogP contribution in [0.25, 0.3) is 0 Å². The van der Waals surface area contributed by atoms with E-state index in [1.165, 1.54) is 0 Å². The molecule has 1 aliphatic rings. The van der Waals surface area contributed by atoms with Gasteiger partial charge in [0.2, 0.25) is 0 Å². The molecule has 1 amide bonds. The van der Waals surface area contributed by atoms with Crippen molar-refractivity contribution in [3.8, 4) is 6.07 Å². The fourth-order valence-corrected chi connectivity index (χ4v) is 2.24. The monoisotopic (exact) mass is 256 g/mol. The molecule has 0 radical (unpaired) electrons. The predicted octanol–water partition coefficient (Wildman–Crippen LogP) is 3.02. The minimum absolute atomic E-state index is 0.0876. The van der Waals surface area contributed by atoms with Gasteiger partial charge < -0.3 is 5.32 Å². The maximum Gasteiger partial charge on any atom is 0.252 e. The van der Waals surface area contributed by atoms with Crippen molar-refractivity contribution in [2.75, 3.05) is 0 Å². The van der Waals surface area contributed by atoms with E-state index in [0.717, 1.165) is 18.4 Å². The topological polar surface area (TPSA) is 52.9 Å². The number of carbonyl (C=O) groups is 1. The highest BCUT2D eigenvalue weighted by Gasteiger charge is 2.33. The van der Waals surface area contributed by atoms with Crippen molar-refractivity contribution in [1.82, 2.24) is 5.32 Å². The van der Waals surface area contributed by atoms with Gasteiger partial charge >= 0.3 is 0 Å². The van der Waals surface area contributed by atoms with Crippen LogP contribution < -0.4 is 5.32 Å². The van der Waals surface area contributed by atoms with Crippen LogP contribution in [0, 0.1) is 17.2 Å². The molecule has 1 N–H and O–H groups in total. The first-order valence-electron chi connectivity index (χ1n) is 6.73. The molecule has 0 aliphatic heterocycles. The number of carbonyl (C=O) groups excluding carboxylic acids is 1. The lowest BCUT2D eigenvalue weighted by atomic mass is 9.83. The average molecular weight is 256 g/mol. The summed E-state index contributed by atoms with van der Waals surface area (Å²) in [5.41, 5.74) is 1.60. The zero-order valence-corrected chi connectivity index (χ0v) is 11.7. The molecule has 1 aromatic rings. The van der Waals surface area contributed by atoms with Crippen molar-refractivity contribution in [2.24, 2.45) is 5.92 Å². The van der Waals surface area contributed by atoms with E-state index in [-0.39, 0.29) is 17.4 Å². The zero-order chi connectivity index (χ0) is 14.0. The van der Waals surface area contributed by atoms with Gasteiger partial charge in [0.1, 0.15) is 6.04 Å². The molecule has 100 valence electrons. The van der Waals surface area contributed by atoms with E-state index in [0.29, 0.717) is 11.5 Å². The SMILES string of the molecule is CC(C)(C)c1ccccc1C(=O)NC(C#N)C1CC1. The van der Waals surface area contributed by atoms with Gasteiger partial charge in [0.15, 0.2) is 0 Å². The molecule has 1 unspecified atom stereocenters. The third-order valence-electron chi connectivity index (χ3n) is 3.50. The molecule has 0 aromatic heterocycles. The summed E-state index contributed by atoms with van der Waals surface area (Å²) in [4.78, 5) is 12.4. The lowest BCUT2D eigenvalue weighted by molar-refractivity contribution is 0.0939. The normalized spacial score (nSPS) is 16.5. The van der Waals surface area contributed by atoms with Crippen molar-refractivity contribution >= 4 is 5.91 Å². The highest BCUT2D eigenvalue weighted by atomic mass is 16.1. The summed E-state index contributed by atoms with van der Waals surface area (Å²) in [6, 6.07) is 9.46. The summed E-state index contributed by atoms with van der Waals surface area (Å²) < 4.78 is 0. The third-order valence-corrected chi connectivity index (χ3v) is 3.50. The van der Waals surface area contributed by atoms with Crippen molar-refractivity contribution in [2.45, 2.75) is 45.1 Å². The van der Waals surface area contributed by atoms with Crippen LogP contribution in [0.4, 0.5) is 0 Å². The zero-order valence-electron chi connectivity index (χ0n) is 11.7. The second kappa shape index (κ2) is 5.05. The van der Waals surface area contributed by atoms with Gasteiger partial charge in [-0.25, -0.2) is 0 Å². The summed E-state index contributed by atoms with van der Waals surface area (Å²) >= 11 is 0. The first kappa shape index (κ1) is 13.6. The first-order valence-corrected chi connectivity index (χ1v) is 6.73. The Morgan fingerprint density at radius 1 is 1.37 bits per heavy atom. The van der Waals surface area contributed by atoms with Crippen LogP contribution in [0.2, 0.25) is 0 Å². The maximum atomic E-state index is 12.4. The Morgan fingerprint density at radius 3 is 2.53 bits per heavy atom. The van der Waals surface area contributed by atoms with Crippen LogP contribution in [-0.4, -0.2) is 11.9 Å². The molecule has 19 heavy (non-hydrogen) atoms. The van der Waals surface area contributed by atoms with Gasteiger partial charge in [0.25, 0.3) is 5.91 Å². The number of hydrogen-bond acceptors (Lipinski definition) is 2. The summed E-state index contributed by atoms with van der Waals surface area (Å²) in [6.07, 6.45) is 2.08. The molecule has 1 saturated carbocycles. The van der Waals surface area contributed by atoms with Gasteiger partial charge in [0.05, 0.1) is 6.07 Å². The quantitative estimate of drug-likeness (QED) is 0.903. The van der Waals surface area contributed by atoms with E-state index < -0.39 is 0 Å². The Hall–Kier alpha value is -1.82. The number of nitriles is 1. The molecule has 2 rings (SSSR count).